The standard InChI is InChI=1S/C13H17IN2O2/c1-13(2,3)18-12(17)16-5-4-9-6-10(14)7-15-11(9)8-16/h6-7H,4-5,8H2,1-3H3. The first-order valence-electron chi connectivity index (χ1n) is 5.96. The molecule has 1 aliphatic heterocycles. The highest BCUT2D eigenvalue weighted by Gasteiger charge is 2.26. The molecule has 1 aromatic rings. The molecule has 0 bridgehead atoms. The second-order valence-electron chi connectivity index (χ2n) is 5.41. The summed E-state index contributed by atoms with van der Waals surface area (Å²) in [4.78, 5) is 18.1. The molecule has 0 atom stereocenters. The molecular formula is C13H17IN2O2. The SMILES string of the molecule is CC(C)(C)OC(=O)N1CCc2cc(I)cnc2C1. The number of hydrogen-bond donors (Lipinski definition) is 0. The van der Waals surface area contributed by atoms with Crippen molar-refractivity contribution in [2.75, 3.05) is 6.54 Å². The lowest BCUT2D eigenvalue weighted by Crippen LogP contribution is -2.40. The van der Waals surface area contributed by atoms with Crippen LogP contribution in [0.4, 0.5) is 4.79 Å². The van der Waals surface area contributed by atoms with E-state index in [4.69, 9.17) is 4.74 Å². The minimum Gasteiger partial charge on any atom is -0.444 e. The van der Waals surface area contributed by atoms with Gasteiger partial charge in [-0.1, -0.05) is 0 Å². The highest BCUT2D eigenvalue weighted by molar-refractivity contribution is 14.1. The number of amides is 1. The Morgan fingerprint density at radius 3 is 2.89 bits per heavy atom. The van der Waals surface area contributed by atoms with E-state index in [1.165, 1.54) is 5.56 Å². The summed E-state index contributed by atoms with van der Waals surface area (Å²) in [7, 11) is 0. The predicted molar refractivity (Wildman–Crippen MR) is 77.3 cm³/mol. The molecule has 1 amide bonds. The zero-order chi connectivity index (χ0) is 13.3. The summed E-state index contributed by atoms with van der Waals surface area (Å²) in [6, 6.07) is 2.13. The number of carbonyl (C=O) groups excluding carboxylic acids is 1. The molecule has 98 valence electrons. The first-order chi connectivity index (χ1) is 8.35. The summed E-state index contributed by atoms with van der Waals surface area (Å²) in [5, 5.41) is 0. The average molecular weight is 360 g/mol. The van der Waals surface area contributed by atoms with Gasteiger partial charge in [-0.05, 0) is 61.4 Å². The summed E-state index contributed by atoms with van der Waals surface area (Å²) < 4.78 is 6.51. The Morgan fingerprint density at radius 1 is 1.50 bits per heavy atom. The highest BCUT2D eigenvalue weighted by Crippen LogP contribution is 2.20. The molecule has 0 unspecified atom stereocenters. The molecule has 5 heteroatoms. The fourth-order valence-electron chi connectivity index (χ4n) is 1.87. The smallest absolute Gasteiger partial charge is 0.410 e. The van der Waals surface area contributed by atoms with Gasteiger partial charge < -0.3 is 9.64 Å². The van der Waals surface area contributed by atoms with Crippen LogP contribution in [-0.2, 0) is 17.7 Å². The molecule has 0 aliphatic carbocycles. The zero-order valence-electron chi connectivity index (χ0n) is 10.9. The molecule has 0 saturated heterocycles. The van der Waals surface area contributed by atoms with E-state index < -0.39 is 5.60 Å². The van der Waals surface area contributed by atoms with Gasteiger partial charge in [-0.3, -0.25) is 4.98 Å². The van der Waals surface area contributed by atoms with Crippen molar-refractivity contribution >= 4 is 28.7 Å². The fraction of sp³-hybridized carbons (Fsp3) is 0.538. The van der Waals surface area contributed by atoms with Gasteiger partial charge in [0.25, 0.3) is 0 Å². The Bertz CT molecular complexity index is 469. The lowest BCUT2D eigenvalue weighted by Gasteiger charge is -2.30. The largest absolute Gasteiger partial charge is 0.444 e. The number of halogens is 1. The van der Waals surface area contributed by atoms with Crippen LogP contribution in [0.2, 0.25) is 0 Å². The van der Waals surface area contributed by atoms with E-state index in [1.54, 1.807) is 4.90 Å². The third-order valence-corrected chi connectivity index (χ3v) is 3.26. The van der Waals surface area contributed by atoms with Crippen molar-refractivity contribution in [3.63, 3.8) is 0 Å². The molecule has 0 spiro atoms. The number of hydrogen-bond acceptors (Lipinski definition) is 3. The number of ether oxygens (including phenoxy) is 1. The van der Waals surface area contributed by atoms with E-state index in [0.29, 0.717) is 13.1 Å². The Kier molecular flexibility index (Phi) is 3.79. The maximum atomic E-state index is 12.0. The van der Waals surface area contributed by atoms with Crippen LogP contribution in [0.25, 0.3) is 0 Å². The van der Waals surface area contributed by atoms with Crippen molar-refractivity contribution < 1.29 is 9.53 Å². The van der Waals surface area contributed by atoms with Crippen LogP contribution < -0.4 is 0 Å². The van der Waals surface area contributed by atoms with Crippen LogP contribution in [0, 0.1) is 3.57 Å². The first-order valence-corrected chi connectivity index (χ1v) is 7.04. The lowest BCUT2D eigenvalue weighted by molar-refractivity contribution is 0.0221. The van der Waals surface area contributed by atoms with Crippen LogP contribution in [0.15, 0.2) is 12.3 Å². The average Bonchev–Trinajstić information content (AvgIpc) is 2.26. The van der Waals surface area contributed by atoms with Crippen molar-refractivity contribution in [1.82, 2.24) is 9.88 Å². The molecule has 18 heavy (non-hydrogen) atoms. The number of carbonyl (C=O) groups is 1. The van der Waals surface area contributed by atoms with Gasteiger partial charge in [-0.25, -0.2) is 4.79 Å². The van der Waals surface area contributed by atoms with Gasteiger partial charge in [-0.15, -0.1) is 0 Å². The Labute approximate surface area is 121 Å². The second kappa shape index (κ2) is 5.03. The summed E-state index contributed by atoms with van der Waals surface area (Å²) >= 11 is 2.25. The minimum absolute atomic E-state index is 0.256. The Balaban J connectivity index is 2.08. The van der Waals surface area contributed by atoms with E-state index in [9.17, 15) is 4.79 Å². The lowest BCUT2D eigenvalue weighted by atomic mass is 10.1. The molecule has 0 N–H and O–H groups in total. The third kappa shape index (κ3) is 3.34. The van der Waals surface area contributed by atoms with Gasteiger partial charge in [0.05, 0.1) is 12.2 Å². The van der Waals surface area contributed by atoms with E-state index in [1.807, 2.05) is 27.0 Å². The maximum absolute atomic E-state index is 12.0. The van der Waals surface area contributed by atoms with Crippen molar-refractivity contribution in [2.24, 2.45) is 0 Å². The molecule has 0 radical (unpaired) electrons. The number of nitrogens with zero attached hydrogens (tertiary/aromatic N) is 2. The van der Waals surface area contributed by atoms with Crippen LogP contribution in [-0.4, -0.2) is 28.1 Å². The number of fused-ring (bicyclic) bond motifs is 1. The van der Waals surface area contributed by atoms with Gasteiger partial charge in [0.2, 0.25) is 0 Å². The van der Waals surface area contributed by atoms with Crippen LogP contribution in [0.3, 0.4) is 0 Å². The summed E-state index contributed by atoms with van der Waals surface area (Å²) in [6.45, 7) is 6.88. The Morgan fingerprint density at radius 2 is 2.22 bits per heavy atom. The number of aromatic nitrogens is 1. The van der Waals surface area contributed by atoms with E-state index >= 15 is 0 Å². The van der Waals surface area contributed by atoms with Crippen LogP contribution in [0.5, 0.6) is 0 Å². The summed E-state index contributed by atoms with van der Waals surface area (Å²) in [5.74, 6) is 0. The van der Waals surface area contributed by atoms with Crippen molar-refractivity contribution in [1.29, 1.82) is 0 Å². The predicted octanol–water partition coefficient (Wildman–Crippen LogP) is 2.98. The topological polar surface area (TPSA) is 42.4 Å². The van der Waals surface area contributed by atoms with Gasteiger partial charge in [0, 0.05) is 16.3 Å². The zero-order valence-corrected chi connectivity index (χ0v) is 13.0. The highest BCUT2D eigenvalue weighted by atomic mass is 127. The van der Waals surface area contributed by atoms with Crippen LogP contribution >= 0.6 is 22.6 Å². The first kappa shape index (κ1) is 13.6. The quantitative estimate of drug-likeness (QED) is 0.668. The molecule has 0 aromatic carbocycles. The van der Waals surface area contributed by atoms with Gasteiger partial charge >= 0.3 is 6.09 Å². The third-order valence-electron chi connectivity index (χ3n) is 2.67. The molecule has 0 saturated carbocycles. The minimum atomic E-state index is -0.448. The summed E-state index contributed by atoms with van der Waals surface area (Å²) in [6.07, 6.45) is 2.42. The number of pyridine rings is 1. The van der Waals surface area contributed by atoms with Gasteiger partial charge in [-0.2, -0.15) is 0 Å². The van der Waals surface area contributed by atoms with E-state index in [-0.39, 0.29) is 6.09 Å². The van der Waals surface area contributed by atoms with Crippen LogP contribution in [0.1, 0.15) is 32.0 Å². The van der Waals surface area contributed by atoms with Crippen molar-refractivity contribution in [2.45, 2.75) is 39.3 Å². The molecule has 2 heterocycles. The van der Waals surface area contributed by atoms with E-state index in [2.05, 4.69) is 33.6 Å². The molecule has 1 aliphatic rings. The molecular weight excluding hydrogens is 343 g/mol. The normalized spacial score (nSPS) is 15.2. The van der Waals surface area contributed by atoms with Crippen molar-refractivity contribution in [3.8, 4) is 0 Å². The molecule has 0 fully saturated rings. The molecule has 1 aromatic heterocycles. The molecule has 4 nitrogen and oxygen atoms in total. The fourth-order valence-corrected chi connectivity index (χ4v) is 2.38. The summed E-state index contributed by atoms with van der Waals surface area (Å²) in [5.41, 5.74) is 1.77. The second-order valence-corrected chi connectivity index (χ2v) is 6.66. The number of rotatable bonds is 0. The van der Waals surface area contributed by atoms with Gasteiger partial charge in [0.1, 0.15) is 5.60 Å². The molecule has 2 rings (SSSR count). The monoisotopic (exact) mass is 360 g/mol. The maximum Gasteiger partial charge on any atom is 0.410 e. The van der Waals surface area contributed by atoms with Gasteiger partial charge in [0.15, 0.2) is 0 Å². The Hall–Kier alpha value is -0.850. The van der Waals surface area contributed by atoms with Crippen molar-refractivity contribution in [3.05, 3.63) is 27.1 Å². The van der Waals surface area contributed by atoms with E-state index in [0.717, 1.165) is 15.7 Å².